The van der Waals surface area contributed by atoms with E-state index in [9.17, 15) is 19.5 Å². The number of unbranched alkanes of at least 4 members (excludes halogenated alkanes) is 2. The molecule has 2 rings (SSSR count). The number of carbonyl (C=O) groups is 3. The number of nitrogens with one attached hydrogen (secondary N) is 1. The number of esters is 2. The van der Waals surface area contributed by atoms with Crippen molar-refractivity contribution in [3.05, 3.63) is 78.9 Å². The van der Waals surface area contributed by atoms with Gasteiger partial charge < -0.3 is 48.3 Å². The van der Waals surface area contributed by atoms with Crippen LogP contribution in [0.1, 0.15) is 33.1 Å². The van der Waals surface area contributed by atoms with Crippen LogP contribution in [0.3, 0.4) is 0 Å². The summed E-state index contributed by atoms with van der Waals surface area (Å²) in [5.74, 6) is 0.795. The van der Waals surface area contributed by atoms with Gasteiger partial charge in [0.15, 0.2) is 6.10 Å². The standard InChI is InChI=1S/C36H49NO12/c1-27(2)34(39)46-17-10-6-9-16-37-36(41)49-33(26-48-35(40)28(3)4)25-43-19-21-45-32-15-11-14-31(22-32)44-20-18-42-23-29(38)24-47-30-12-7-5-8-13-30/h5,7-8,11-15,22,29,33,38H,1,3,6,9-10,16-21,23-26H2,2,4H3,(H,37,41). The molecule has 1 amide bonds. The predicted octanol–water partition coefficient (Wildman–Crippen LogP) is 4.42. The average molecular weight is 688 g/mol. The maximum Gasteiger partial charge on any atom is 0.407 e. The predicted molar refractivity (Wildman–Crippen MR) is 181 cm³/mol. The third kappa shape index (κ3) is 19.7. The summed E-state index contributed by atoms with van der Waals surface area (Å²) < 4.78 is 43.7. The number of hydrogen-bond acceptors (Lipinski definition) is 12. The quantitative estimate of drug-likeness (QED) is 0.0622. The molecule has 0 aliphatic carbocycles. The molecule has 2 atom stereocenters. The van der Waals surface area contributed by atoms with Crippen molar-refractivity contribution in [1.82, 2.24) is 5.32 Å². The lowest BCUT2D eigenvalue weighted by Crippen LogP contribution is -2.35. The smallest absolute Gasteiger partial charge is 0.407 e. The van der Waals surface area contributed by atoms with Crippen LogP contribution in [0.2, 0.25) is 0 Å². The zero-order chi connectivity index (χ0) is 35.7. The molecule has 0 saturated carbocycles. The van der Waals surface area contributed by atoms with Gasteiger partial charge in [-0.1, -0.05) is 37.4 Å². The minimum Gasteiger partial charge on any atom is -0.491 e. The van der Waals surface area contributed by atoms with Crippen LogP contribution in [0.5, 0.6) is 17.2 Å². The van der Waals surface area contributed by atoms with Gasteiger partial charge in [-0.2, -0.15) is 0 Å². The first-order valence-corrected chi connectivity index (χ1v) is 16.1. The van der Waals surface area contributed by atoms with Crippen LogP contribution < -0.4 is 19.5 Å². The summed E-state index contributed by atoms with van der Waals surface area (Å²) in [6.07, 6.45) is -0.276. The van der Waals surface area contributed by atoms with E-state index < -0.39 is 30.2 Å². The van der Waals surface area contributed by atoms with E-state index in [1.165, 1.54) is 6.92 Å². The Morgan fingerprint density at radius 2 is 1.29 bits per heavy atom. The van der Waals surface area contributed by atoms with E-state index in [0.717, 1.165) is 6.42 Å². The molecule has 270 valence electrons. The molecule has 0 bridgehead atoms. The monoisotopic (exact) mass is 687 g/mol. The lowest BCUT2D eigenvalue weighted by atomic mass is 10.2. The number of aliphatic hydroxyl groups excluding tert-OH is 1. The molecule has 0 radical (unpaired) electrons. The van der Waals surface area contributed by atoms with Crippen LogP contribution in [0.25, 0.3) is 0 Å². The molecule has 0 aliphatic heterocycles. The van der Waals surface area contributed by atoms with Gasteiger partial charge >= 0.3 is 18.0 Å². The van der Waals surface area contributed by atoms with Crippen molar-refractivity contribution in [2.24, 2.45) is 0 Å². The summed E-state index contributed by atoms with van der Waals surface area (Å²) in [5, 5.41) is 12.7. The number of amides is 1. The van der Waals surface area contributed by atoms with Crippen molar-refractivity contribution in [2.75, 3.05) is 66.0 Å². The normalized spacial score (nSPS) is 11.8. The van der Waals surface area contributed by atoms with Crippen molar-refractivity contribution in [3.63, 3.8) is 0 Å². The summed E-state index contributed by atoms with van der Waals surface area (Å²) in [6, 6.07) is 16.3. The van der Waals surface area contributed by atoms with Crippen LogP contribution in [-0.2, 0) is 33.3 Å². The van der Waals surface area contributed by atoms with Crippen molar-refractivity contribution < 1.29 is 57.4 Å². The Morgan fingerprint density at radius 3 is 1.94 bits per heavy atom. The molecule has 0 spiro atoms. The van der Waals surface area contributed by atoms with Gasteiger partial charge in [-0.05, 0) is 57.4 Å². The van der Waals surface area contributed by atoms with Crippen LogP contribution in [0.15, 0.2) is 78.9 Å². The second-order valence-electron chi connectivity index (χ2n) is 10.9. The topological polar surface area (TPSA) is 157 Å². The fourth-order valence-corrected chi connectivity index (χ4v) is 3.77. The number of alkyl carbamates (subject to hydrolysis) is 1. The summed E-state index contributed by atoms with van der Waals surface area (Å²) >= 11 is 0. The molecular formula is C36H49NO12. The van der Waals surface area contributed by atoms with Crippen molar-refractivity contribution in [1.29, 1.82) is 0 Å². The van der Waals surface area contributed by atoms with E-state index in [2.05, 4.69) is 18.5 Å². The number of hydrogen-bond donors (Lipinski definition) is 2. The number of rotatable bonds is 26. The summed E-state index contributed by atoms with van der Waals surface area (Å²) in [7, 11) is 0. The van der Waals surface area contributed by atoms with Crippen LogP contribution in [0, 0.1) is 0 Å². The minimum atomic E-state index is -0.860. The van der Waals surface area contributed by atoms with Crippen molar-refractivity contribution in [2.45, 2.75) is 45.3 Å². The first-order valence-electron chi connectivity index (χ1n) is 16.1. The second-order valence-corrected chi connectivity index (χ2v) is 10.9. The average Bonchev–Trinajstić information content (AvgIpc) is 3.09. The summed E-state index contributed by atoms with van der Waals surface area (Å²) in [5.41, 5.74) is 0.563. The van der Waals surface area contributed by atoms with Crippen LogP contribution >= 0.6 is 0 Å². The fraction of sp³-hybridized carbons (Fsp3) is 0.472. The largest absolute Gasteiger partial charge is 0.491 e. The molecule has 2 aromatic carbocycles. The zero-order valence-corrected chi connectivity index (χ0v) is 28.4. The van der Waals surface area contributed by atoms with E-state index >= 15 is 0 Å². The highest BCUT2D eigenvalue weighted by atomic mass is 16.6. The number of para-hydroxylation sites is 1. The van der Waals surface area contributed by atoms with Crippen LogP contribution in [-0.4, -0.2) is 101 Å². The molecule has 13 heteroatoms. The Morgan fingerprint density at radius 1 is 0.673 bits per heavy atom. The molecule has 2 N–H and O–H groups in total. The van der Waals surface area contributed by atoms with Crippen molar-refractivity contribution in [3.8, 4) is 17.2 Å². The molecule has 13 nitrogen and oxygen atoms in total. The summed E-state index contributed by atoms with van der Waals surface area (Å²) in [4.78, 5) is 35.6. The second kappa shape index (κ2) is 24.5. The molecule has 0 aliphatic rings. The minimum absolute atomic E-state index is 0.0371. The molecule has 2 aromatic rings. The molecular weight excluding hydrogens is 638 g/mol. The Balaban J connectivity index is 1.63. The summed E-state index contributed by atoms with van der Waals surface area (Å²) in [6.45, 7) is 11.7. The maximum atomic E-state index is 12.3. The third-order valence-corrected chi connectivity index (χ3v) is 6.29. The Bertz CT molecular complexity index is 1290. The lowest BCUT2D eigenvalue weighted by molar-refractivity contribution is -0.143. The lowest BCUT2D eigenvalue weighted by Gasteiger charge is -2.18. The highest BCUT2D eigenvalue weighted by Crippen LogP contribution is 2.19. The number of benzene rings is 2. The molecule has 49 heavy (non-hydrogen) atoms. The first-order chi connectivity index (χ1) is 23.6. The van der Waals surface area contributed by atoms with Crippen LogP contribution in [0.4, 0.5) is 4.79 Å². The fourth-order valence-electron chi connectivity index (χ4n) is 3.77. The van der Waals surface area contributed by atoms with Gasteiger partial charge in [0.25, 0.3) is 0 Å². The highest BCUT2D eigenvalue weighted by molar-refractivity contribution is 5.87. The molecule has 2 unspecified atom stereocenters. The van der Waals surface area contributed by atoms with Gasteiger partial charge in [0.1, 0.15) is 49.8 Å². The van der Waals surface area contributed by atoms with Gasteiger partial charge in [0.05, 0.1) is 33.0 Å². The van der Waals surface area contributed by atoms with E-state index in [1.807, 2.05) is 30.3 Å². The zero-order valence-electron chi connectivity index (χ0n) is 28.4. The first kappa shape index (κ1) is 40.6. The molecule has 0 fully saturated rings. The Hall–Kier alpha value is -4.59. The van der Waals surface area contributed by atoms with E-state index in [0.29, 0.717) is 42.2 Å². The molecule has 0 heterocycles. The Kier molecular flexibility index (Phi) is 20.3. The number of carbonyl (C=O) groups excluding carboxylic acids is 3. The third-order valence-electron chi connectivity index (χ3n) is 6.29. The van der Waals surface area contributed by atoms with Gasteiger partial charge in [-0.3, -0.25) is 0 Å². The maximum absolute atomic E-state index is 12.3. The van der Waals surface area contributed by atoms with Gasteiger partial charge in [-0.25, -0.2) is 14.4 Å². The SMILES string of the molecule is C=C(C)C(=O)OCCCCCNC(=O)OC(COCCOc1cccc(OCCOCC(O)COc2ccccc2)c1)COC(=O)C(=C)C. The number of ether oxygens (including phenoxy) is 8. The van der Waals surface area contributed by atoms with Gasteiger partial charge in [0.2, 0.25) is 0 Å². The highest BCUT2D eigenvalue weighted by Gasteiger charge is 2.18. The van der Waals surface area contributed by atoms with E-state index in [4.69, 9.17) is 37.9 Å². The number of aliphatic hydroxyl groups is 1. The van der Waals surface area contributed by atoms with Crippen molar-refractivity contribution >= 4 is 18.0 Å². The molecule has 0 saturated heterocycles. The Labute approximate surface area is 288 Å². The van der Waals surface area contributed by atoms with E-state index in [-0.39, 0.29) is 65.0 Å². The van der Waals surface area contributed by atoms with Gasteiger partial charge in [0, 0.05) is 23.8 Å². The van der Waals surface area contributed by atoms with E-state index in [1.54, 1.807) is 31.2 Å². The molecule has 0 aromatic heterocycles. The van der Waals surface area contributed by atoms with Gasteiger partial charge in [-0.15, -0.1) is 0 Å².